The highest BCUT2D eigenvalue weighted by molar-refractivity contribution is 9.10. The van der Waals surface area contributed by atoms with E-state index in [-0.39, 0.29) is 0 Å². The van der Waals surface area contributed by atoms with Gasteiger partial charge in [0.1, 0.15) is 0 Å². The number of nitrogens with zero attached hydrogens (tertiary/aromatic N) is 1. The number of para-hydroxylation sites is 1. The summed E-state index contributed by atoms with van der Waals surface area (Å²) in [5, 5.41) is 0. The zero-order chi connectivity index (χ0) is 12.5. The molecule has 1 aliphatic rings. The Bertz CT molecular complexity index is 629. The highest BCUT2D eigenvalue weighted by atomic mass is 79.9. The fraction of sp³-hybridized carbons (Fsp3) is 0. The summed E-state index contributed by atoms with van der Waals surface area (Å²) >= 11 is 3.51. The summed E-state index contributed by atoms with van der Waals surface area (Å²) in [6.07, 6.45) is 4.14. The molecular formula is C16H12BrN. The minimum absolute atomic E-state index is 0.982. The van der Waals surface area contributed by atoms with Crippen LogP contribution < -0.4 is 4.90 Å². The zero-order valence-corrected chi connectivity index (χ0v) is 11.4. The lowest BCUT2D eigenvalue weighted by molar-refractivity contribution is 1.20. The van der Waals surface area contributed by atoms with Crippen LogP contribution in [-0.4, -0.2) is 0 Å². The van der Waals surface area contributed by atoms with Crippen LogP contribution in [0.5, 0.6) is 0 Å². The van der Waals surface area contributed by atoms with Crippen molar-refractivity contribution in [3.63, 3.8) is 0 Å². The largest absolute Gasteiger partial charge is 0.310 e. The predicted molar refractivity (Wildman–Crippen MR) is 80.9 cm³/mol. The number of anilines is 2. The topological polar surface area (TPSA) is 3.24 Å². The van der Waals surface area contributed by atoms with Crippen molar-refractivity contribution in [1.82, 2.24) is 0 Å². The van der Waals surface area contributed by atoms with Gasteiger partial charge in [-0.25, -0.2) is 0 Å². The molecule has 2 aromatic carbocycles. The molecule has 1 aliphatic heterocycles. The van der Waals surface area contributed by atoms with Crippen LogP contribution in [0.4, 0.5) is 11.4 Å². The monoisotopic (exact) mass is 297 g/mol. The van der Waals surface area contributed by atoms with Crippen molar-refractivity contribution in [2.24, 2.45) is 0 Å². The van der Waals surface area contributed by atoms with Crippen LogP contribution in [0.3, 0.4) is 0 Å². The second kappa shape index (κ2) is 4.46. The summed E-state index contributed by atoms with van der Waals surface area (Å²) in [5.74, 6) is 0. The van der Waals surface area contributed by atoms with Crippen LogP contribution in [0.2, 0.25) is 0 Å². The first-order chi connectivity index (χ1) is 8.75. The molecule has 3 rings (SSSR count). The average molecular weight is 298 g/mol. The van der Waals surface area contributed by atoms with Gasteiger partial charge in [0.05, 0.1) is 5.69 Å². The van der Waals surface area contributed by atoms with E-state index >= 15 is 0 Å². The Kier molecular flexibility index (Phi) is 2.80. The first kappa shape index (κ1) is 11.3. The molecule has 0 bridgehead atoms. The fourth-order valence-corrected chi connectivity index (χ4v) is 2.54. The molecule has 1 nitrogen and oxygen atoms in total. The van der Waals surface area contributed by atoms with Gasteiger partial charge in [-0.3, -0.25) is 0 Å². The molecule has 0 aromatic heterocycles. The van der Waals surface area contributed by atoms with Crippen molar-refractivity contribution in [1.29, 1.82) is 0 Å². The van der Waals surface area contributed by atoms with Gasteiger partial charge in [0.2, 0.25) is 0 Å². The number of hydrogen-bond donors (Lipinski definition) is 0. The van der Waals surface area contributed by atoms with Gasteiger partial charge in [-0.05, 0) is 42.0 Å². The quantitative estimate of drug-likeness (QED) is 0.705. The minimum Gasteiger partial charge on any atom is -0.310 e. The molecule has 0 fully saturated rings. The van der Waals surface area contributed by atoms with Crippen LogP contribution in [-0.2, 0) is 0 Å². The van der Waals surface area contributed by atoms with Crippen molar-refractivity contribution in [2.75, 3.05) is 4.90 Å². The maximum Gasteiger partial charge on any atom is 0.0534 e. The fourth-order valence-electron chi connectivity index (χ4n) is 2.16. The standard InChI is InChI=1S/C16H12BrN/c1-12-7-8-13-11-14(17)9-10-16(13)18(12)15-5-3-2-4-6-15/h2-11H,1H2. The average Bonchev–Trinajstić information content (AvgIpc) is 2.40. The van der Waals surface area contributed by atoms with E-state index in [1.807, 2.05) is 24.3 Å². The molecule has 0 saturated carbocycles. The third-order valence-corrected chi connectivity index (χ3v) is 3.48. The Morgan fingerprint density at radius 1 is 0.944 bits per heavy atom. The van der Waals surface area contributed by atoms with E-state index in [1.165, 1.54) is 5.56 Å². The Hall–Kier alpha value is -1.80. The van der Waals surface area contributed by atoms with Gasteiger partial charge >= 0.3 is 0 Å². The van der Waals surface area contributed by atoms with E-state index in [1.54, 1.807) is 0 Å². The van der Waals surface area contributed by atoms with Crippen molar-refractivity contribution in [3.05, 3.63) is 76.9 Å². The SMILES string of the molecule is C=C1C=Cc2cc(Br)ccc2N1c1ccccc1. The van der Waals surface area contributed by atoms with Gasteiger partial charge in [0.15, 0.2) is 0 Å². The lowest BCUT2D eigenvalue weighted by Gasteiger charge is -2.30. The Morgan fingerprint density at radius 2 is 1.72 bits per heavy atom. The van der Waals surface area contributed by atoms with Crippen LogP contribution in [0.1, 0.15) is 5.56 Å². The van der Waals surface area contributed by atoms with E-state index < -0.39 is 0 Å². The van der Waals surface area contributed by atoms with E-state index in [2.05, 4.69) is 63.8 Å². The Morgan fingerprint density at radius 3 is 2.50 bits per heavy atom. The number of allylic oxidation sites excluding steroid dienone is 1. The van der Waals surface area contributed by atoms with Gasteiger partial charge in [-0.15, -0.1) is 0 Å². The van der Waals surface area contributed by atoms with Gasteiger partial charge in [0, 0.05) is 15.9 Å². The molecule has 0 atom stereocenters. The third-order valence-electron chi connectivity index (χ3n) is 2.99. The molecular weight excluding hydrogens is 286 g/mol. The highest BCUT2D eigenvalue weighted by Crippen LogP contribution is 2.37. The molecule has 0 amide bonds. The minimum atomic E-state index is 0.982. The molecule has 0 radical (unpaired) electrons. The van der Waals surface area contributed by atoms with Crippen molar-refractivity contribution in [3.8, 4) is 0 Å². The molecule has 18 heavy (non-hydrogen) atoms. The van der Waals surface area contributed by atoms with Crippen LogP contribution in [0.15, 0.2) is 71.4 Å². The number of hydrogen-bond acceptors (Lipinski definition) is 1. The molecule has 0 N–H and O–H groups in total. The van der Waals surface area contributed by atoms with Gasteiger partial charge in [0.25, 0.3) is 0 Å². The predicted octanol–water partition coefficient (Wildman–Crippen LogP) is 5.13. The lowest BCUT2D eigenvalue weighted by Crippen LogP contribution is -2.17. The van der Waals surface area contributed by atoms with E-state index in [9.17, 15) is 0 Å². The smallest absolute Gasteiger partial charge is 0.0534 e. The summed E-state index contributed by atoms with van der Waals surface area (Å²) < 4.78 is 1.09. The molecule has 2 heteroatoms. The van der Waals surface area contributed by atoms with Gasteiger partial charge < -0.3 is 4.90 Å². The number of benzene rings is 2. The number of fused-ring (bicyclic) bond motifs is 1. The summed E-state index contributed by atoms with van der Waals surface area (Å²) in [4.78, 5) is 2.17. The normalized spacial score (nSPS) is 13.6. The highest BCUT2D eigenvalue weighted by Gasteiger charge is 2.17. The first-order valence-corrected chi connectivity index (χ1v) is 6.57. The second-order valence-corrected chi connectivity index (χ2v) is 5.11. The number of rotatable bonds is 1. The van der Waals surface area contributed by atoms with Crippen molar-refractivity contribution in [2.45, 2.75) is 0 Å². The van der Waals surface area contributed by atoms with Crippen molar-refractivity contribution < 1.29 is 0 Å². The maximum absolute atomic E-state index is 4.12. The molecule has 0 aliphatic carbocycles. The van der Waals surface area contributed by atoms with Gasteiger partial charge in [-0.2, -0.15) is 0 Å². The summed E-state index contributed by atoms with van der Waals surface area (Å²) in [6.45, 7) is 4.12. The van der Waals surface area contributed by atoms with E-state index in [0.29, 0.717) is 0 Å². The summed E-state index contributed by atoms with van der Waals surface area (Å²) in [5.41, 5.74) is 4.48. The van der Waals surface area contributed by atoms with Crippen LogP contribution >= 0.6 is 15.9 Å². The van der Waals surface area contributed by atoms with Crippen LogP contribution in [0.25, 0.3) is 6.08 Å². The molecule has 1 heterocycles. The lowest BCUT2D eigenvalue weighted by atomic mass is 10.1. The molecule has 0 unspecified atom stereocenters. The Labute approximate surface area is 115 Å². The van der Waals surface area contributed by atoms with Crippen molar-refractivity contribution >= 4 is 33.4 Å². The third kappa shape index (κ3) is 1.89. The Balaban J connectivity index is 2.17. The van der Waals surface area contributed by atoms with E-state index in [0.717, 1.165) is 21.5 Å². The zero-order valence-electron chi connectivity index (χ0n) is 9.81. The van der Waals surface area contributed by atoms with E-state index in [4.69, 9.17) is 0 Å². The second-order valence-electron chi connectivity index (χ2n) is 4.20. The molecule has 88 valence electrons. The van der Waals surface area contributed by atoms with Crippen LogP contribution in [0, 0.1) is 0 Å². The molecule has 0 saturated heterocycles. The summed E-state index contributed by atoms with van der Waals surface area (Å²) in [7, 11) is 0. The first-order valence-electron chi connectivity index (χ1n) is 5.77. The van der Waals surface area contributed by atoms with Gasteiger partial charge in [-0.1, -0.05) is 46.8 Å². The summed E-state index contributed by atoms with van der Waals surface area (Å²) in [6, 6.07) is 16.6. The molecule has 2 aromatic rings. The number of halogens is 1. The molecule has 0 spiro atoms. The maximum atomic E-state index is 4.12.